The van der Waals surface area contributed by atoms with Crippen LogP contribution in [0.25, 0.3) is 11.0 Å². The monoisotopic (exact) mass is 358 g/mol. The fraction of sp³-hybridized carbons (Fsp3) is 0.167. The van der Waals surface area contributed by atoms with E-state index in [9.17, 15) is 4.79 Å². The minimum absolute atomic E-state index is 0.336. The van der Waals surface area contributed by atoms with Gasteiger partial charge in [-0.2, -0.15) is 0 Å². The number of benzene rings is 2. The average molecular weight is 359 g/mol. The molecule has 2 aromatic carbocycles. The summed E-state index contributed by atoms with van der Waals surface area (Å²) in [5.41, 5.74) is 3.08. The molecule has 0 atom stereocenters. The van der Waals surface area contributed by atoms with Crippen LogP contribution in [0.2, 0.25) is 0 Å². The summed E-state index contributed by atoms with van der Waals surface area (Å²) < 4.78 is 12.2. The molecular formula is C18H15BrO3. The molecule has 0 N–H and O–H groups in total. The van der Waals surface area contributed by atoms with E-state index in [4.69, 9.17) is 9.15 Å². The van der Waals surface area contributed by atoms with Crippen molar-refractivity contribution in [3.8, 4) is 5.75 Å². The Balaban J connectivity index is 1.95. The first-order chi connectivity index (χ1) is 10.5. The summed E-state index contributed by atoms with van der Waals surface area (Å²) in [6.45, 7) is 4.27. The van der Waals surface area contributed by atoms with Gasteiger partial charge in [0.2, 0.25) is 0 Å². The Bertz CT molecular complexity index is 896. The van der Waals surface area contributed by atoms with Gasteiger partial charge in [0.05, 0.1) is 0 Å². The molecule has 0 bridgehead atoms. The maximum atomic E-state index is 11.6. The average Bonchev–Trinajstić information content (AvgIpc) is 2.47. The second-order valence-corrected chi connectivity index (χ2v) is 6.15. The van der Waals surface area contributed by atoms with Crippen molar-refractivity contribution in [3.63, 3.8) is 0 Å². The molecule has 0 radical (unpaired) electrons. The molecule has 0 amide bonds. The zero-order valence-electron chi connectivity index (χ0n) is 12.4. The SMILES string of the molecule is Cc1cc(=O)oc2c(C)c(OCc3cccc(Br)c3)ccc12. The quantitative estimate of drug-likeness (QED) is 0.634. The largest absolute Gasteiger partial charge is 0.488 e. The Morgan fingerprint density at radius 1 is 1.14 bits per heavy atom. The van der Waals surface area contributed by atoms with Gasteiger partial charge < -0.3 is 9.15 Å². The third kappa shape index (κ3) is 2.92. The van der Waals surface area contributed by atoms with Crippen LogP contribution in [0, 0.1) is 13.8 Å². The van der Waals surface area contributed by atoms with Crippen LogP contribution in [0.15, 0.2) is 56.1 Å². The Labute approximate surface area is 136 Å². The Morgan fingerprint density at radius 2 is 1.95 bits per heavy atom. The molecular weight excluding hydrogens is 344 g/mol. The minimum Gasteiger partial charge on any atom is -0.488 e. The summed E-state index contributed by atoms with van der Waals surface area (Å²) in [5, 5.41) is 0.937. The smallest absolute Gasteiger partial charge is 0.336 e. The predicted molar refractivity (Wildman–Crippen MR) is 90.4 cm³/mol. The van der Waals surface area contributed by atoms with Gasteiger partial charge in [0.25, 0.3) is 0 Å². The van der Waals surface area contributed by atoms with E-state index in [1.807, 2.05) is 50.2 Å². The summed E-state index contributed by atoms with van der Waals surface area (Å²) in [5.74, 6) is 0.723. The number of aryl methyl sites for hydroxylation is 2. The number of hydrogen-bond donors (Lipinski definition) is 0. The highest BCUT2D eigenvalue weighted by Gasteiger charge is 2.10. The number of fused-ring (bicyclic) bond motifs is 1. The van der Waals surface area contributed by atoms with Gasteiger partial charge in [0.15, 0.2) is 0 Å². The highest BCUT2D eigenvalue weighted by molar-refractivity contribution is 9.10. The zero-order chi connectivity index (χ0) is 15.7. The summed E-state index contributed by atoms with van der Waals surface area (Å²) in [6, 6.07) is 13.3. The first-order valence-electron chi connectivity index (χ1n) is 6.96. The van der Waals surface area contributed by atoms with E-state index in [-0.39, 0.29) is 5.63 Å². The van der Waals surface area contributed by atoms with E-state index in [0.29, 0.717) is 12.2 Å². The van der Waals surface area contributed by atoms with Crippen LogP contribution in [0.4, 0.5) is 0 Å². The molecule has 3 nitrogen and oxygen atoms in total. The van der Waals surface area contributed by atoms with Crippen molar-refractivity contribution >= 4 is 26.9 Å². The molecule has 1 heterocycles. The van der Waals surface area contributed by atoms with Gasteiger partial charge in [0, 0.05) is 21.5 Å². The topological polar surface area (TPSA) is 39.4 Å². The number of ether oxygens (including phenoxy) is 1. The number of halogens is 1. The molecule has 0 aliphatic heterocycles. The van der Waals surface area contributed by atoms with Crippen LogP contribution in [-0.4, -0.2) is 0 Å². The fourth-order valence-electron chi connectivity index (χ4n) is 2.44. The van der Waals surface area contributed by atoms with Crippen LogP contribution in [0.5, 0.6) is 5.75 Å². The van der Waals surface area contributed by atoms with Gasteiger partial charge in [-0.3, -0.25) is 0 Å². The maximum absolute atomic E-state index is 11.6. The second kappa shape index (κ2) is 5.97. The van der Waals surface area contributed by atoms with E-state index >= 15 is 0 Å². The second-order valence-electron chi connectivity index (χ2n) is 5.23. The summed E-state index contributed by atoms with van der Waals surface area (Å²) >= 11 is 3.45. The van der Waals surface area contributed by atoms with E-state index < -0.39 is 0 Å². The lowest BCUT2D eigenvalue weighted by molar-refractivity contribution is 0.304. The van der Waals surface area contributed by atoms with Gasteiger partial charge >= 0.3 is 5.63 Å². The van der Waals surface area contributed by atoms with Crippen LogP contribution < -0.4 is 10.4 Å². The van der Waals surface area contributed by atoms with E-state index in [0.717, 1.165) is 32.3 Å². The lowest BCUT2D eigenvalue weighted by Gasteiger charge is -2.11. The molecule has 0 saturated heterocycles. The lowest BCUT2D eigenvalue weighted by atomic mass is 10.1. The Morgan fingerprint density at radius 3 is 2.73 bits per heavy atom. The van der Waals surface area contributed by atoms with Gasteiger partial charge in [-0.05, 0) is 49.2 Å². The first kappa shape index (κ1) is 14.9. The molecule has 0 fully saturated rings. The summed E-state index contributed by atoms with van der Waals surface area (Å²) in [4.78, 5) is 11.6. The van der Waals surface area contributed by atoms with Crippen molar-refractivity contribution in [2.75, 3.05) is 0 Å². The number of rotatable bonds is 3. The van der Waals surface area contributed by atoms with Crippen LogP contribution >= 0.6 is 15.9 Å². The van der Waals surface area contributed by atoms with E-state index in [2.05, 4.69) is 15.9 Å². The Hall–Kier alpha value is -2.07. The van der Waals surface area contributed by atoms with Crippen LogP contribution in [-0.2, 0) is 6.61 Å². The molecule has 0 saturated carbocycles. The molecule has 0 spiro atoms. The lowest BCUT2D eigenvalue weighted by Crippen LogP contribution is -2.01. The van der Waals surface area contributed by atoms with Crippen molar-refractivity contribution in [2.45, 2.75) is 20.5 Å². The third-order valence-electron chi connectivity index (χ3n) is 3.60. The zero-order valence-corrected chi connectivity index (χ0v) is 13.9. The third-order valence-corrected chi connectivity index (χ3v) is 4.09. The standard InChI is InChI=1S/C18H15BrO3/c1-11-8-17(20)22-18-12(2)16(7-6-15(11)18)21-10-13-4-3-5-14(19)9-13/h3-9H,10H2,1-2H3. The van der Waals surface area contributed by atoms with Gasteiger partial charge in [0.1, 0.15) is 17.9 Å². The van der Waals surface area contributed by atoms with Crippen LogP contribution in [0.1, 0.15) is 16.7 Å². The van der Waals surface area contributed by atoms with Crippen molar-refractivity contribution in [3.05, 3.63) is 74.0 Å². The van der Waals surface area contributed by atoms with Gasteiger partial charge in [-0.1, -0.05) is 28.1 Å². The molecule has 3 aromatic rings. The van der Waals surface area contributed by atoms with Crippen molar-refractivity contribution in [1.82, 2.24) is 0 Å². The molecule has 4 heteroatoms. The summed E-state index contributed by atoms with van der Waals surface area (Å²) in [7, 11) is 0. The molecule has 3 rings (SSSR count). The molecule has 0 unspecified atom stereocenters. The maximum Gasteiger partial charge on any atom is 0.336 e. The molecule has 22 heavy (non-hydrogen) atoms. The number of hydrogen-bond acceptors (Lipinski definition) is 3. The Kier molecular flexibility index (Phi) is 4.03. The highest BCUT2D eigenvalue weighted by Crippen LogP contribution is 2.28. The van der Waals surface area contributed by atoms with Gasteiger partial charge in [-0.15, -0.1) is 0 Å². The van der Waals surface area contributed by atoms with Crippen molar-refractivity contribution in [2.24, 2.45) is 0 Å². The molecule has 0 aliphatic rings. The van der Waals surface area contributed by atoms with E-state index in [1.54, 1.807) is 0 Å². The highest BCUT2D eigenvalue weighted by atomic mass is 79.9. The van der Waals surface area contributed by atoms with Gasteiger partial charge in [-0.25, -0.2) is 4.79 Å². The molecule has 0 aliphatic carbocycles. The molecule has 1 aromatic heterocycles. The normalized spacial score (nSPS) is 10.9. The predicted octanol–water partition coefficient (Wildman–Crippen LogP) is 4.75. The minimum atomic E-state index is -0.336. The fourth-order valence-corrected chi connectivity index (χ4v) is 2.89. The van der Waals surface area contributed by atoms with E-state index in [1.165, 1.54) is 6.07 Å². The first-order valence-corrected chi connectivity index (χ1v) is 7.75. The van der Waals surface area contributed by atoms with Crippen LogP contribution in [0.3, 0.4) is 0 Å². The van der Waals surface area contributed by atoms with Crippen molar-refractivity contribution < 1.29 is 9.15 Å². The molecule has 112 valence electrons. The summed E-state index contributed by atoms with van der Waals surface area (Å²) in [6.07, 6.45) is 0. The van der Waals surface area contributed by atoms with Crippen molar-refractivity contribution in [1.29, 1.82) is 0 Å².